The average molecular weight is 411 g/mol. The van der Waals surface area contributed by atoms with Gasteiger partial charge in [-0.1, -0.05) is 48.5 Å². The third-order valence-corrected chi connectivity index (χ3v) is 5.55. The van der Waals surface area contributed by atoms with Crippen molar-refractivity contribution in [3.05, 3.63) is 90.5 Å². The first-order chi connectivity index (χ1) is 15.2. The number of benzene rings is 3. The molecule has 0 aromatic heterocycles. The Morgan fingerprint density at radius 3 is 2.10 bits per heavy atom. The number of fused-ring (bicyclic) bond motifs is 1. The van der Waals surface area contributed by atoms with Gasteiger partial charge < -0.3 is 4.74 Å². The monoisotopic (exact) mass is 411 g/mol. The Labute approximate surface area is 180 Å². The number of hydrogen-bond acceptors (Lipinski definition) is 5. The minimum atomic E-state index is -0.711. The average Bonchev–Trinajstić information content (AvgIpc) is 3.33. The number of hydrazone groups is 1. The second-order valence-corrected chi connectivity index (χ2v) is 7.39. The molecule has 0 N–H and O–H groups in total. The van der Waals surface area contributed by atoms with E-state index in [-0.39, 0.29) is 11.8 Å². The minimum Gasteiger partial charge on any atom is -0.494 e. The van der Waals surface area contributed by atoms with Crippen LogP contribution in [0.1, 0.15) is 12.5 Å². The van der Waals surface area contributed by atoms with E-state index in [1.165, 1.54) is 4.90 Å². The van der Waals surface area contributed by atoms with Gasteiger partial charge in [-0.15, -0.1) is 0 Å². The van der Waals surface area contributed by atoms with Crippen LogP contribution >= 0.6 is 0 Å². The molecule has 1 fully saturated rings. The highest BCUT2D eigenvalue weighted by Crippen LogP contribution is 2.39. The largest absolute Gasteiger partial charge is 0.494 e. The number of nitrogens with zero attached hydrogens (tertiary/aromatic N) is 3. The molecule has 154 valence electrons. The van der Waals surface area contributed by atoms with E-state index in [2.05, 4.69) is 0 Å². The van der Waals surface area contributed by atoms with E-state index in [0.29, 0.717) is 23.8 Å². The topological polar surface area (TPSA) is 62.2 Å². The molecule has 0 spiro atoms. The Bertz CT molecular complexity index is 1140. The molecule has 2 atom stereocenters. The van der Waals surface area contributed by atoms with E-state index in [4.69, 9.17) is 9.84 Å². The van der Waals surface area contributed by atoms with Crippen molar-refractivity contribution in [2.45, 2.75) is 13.0 Å². The van der Waals surface area contributed by atoms with Crippen molar-refractivity contribution in [1.82, 2.24) is 0 Å². The Morgan fingerprint density at radius 2 is 1.45 bits per heavy atom. The van der Waals surface area contributed by atoms with Gasteiger partial charge in [-0.2, -0.15) is 5.10 Å². The maximum absolute atomic E-state index is 13.5. The summed E-state index contributed by atoms with van der Waals surface area (Å²) in [7, 11) is 0. The Morgan fingerprint density at radius 1 is 0.806 bits per heavy atom. The summed E-state index contributed by atoms with van der Waals surface area (Å²) >= 11 is 0. The van der Waals surface area contributed by atoms with E-state index < -0.39 is 12.0 Å². The summed E-state index contributed by atoms with van der Waals surface area (Å²) in [4.78, 5) is 28.3. The second kappa shape index (κ2) is 7.72. The number of anilines is 2. The van der Waals surface area contributed by atoms with Crippen molar-refractivity contribution < 1.29 is 14.3 Å². The summed E-state index contributed by atoms with van der Waals surface area (Å²) in [6.07, 6.45) is 0. The fourth-order valence-corrected chi connectivity index (χ4v) is 4.17. The van der Waals surface area contributed by atoms with Crippen LogP contribution in [0.5, 0.6) is 5.75 Å². The zero-order chi connectivity index (χ0) is 21.4. The van der Waals surface area contributed by atoms with Gasteiger partial charge in [-0.3, -0.25) is 14.6 Å². The van der Waals surface area contributed by atoms with Crippen molar-refractivity contribution >= 4 is 28.9 Å². The van der Waals surface area contributed by atoms with Gasteiger partial charge in [0.05, 0.1) is 23.7 Å². The molecule has 1 saturated heterocycles. The van der Waals surface area contributed by atoms with Crippen LogP contribution in [0.3, 0.4) is 0 Å². The van der Waals surface area contributed by atoms with E-state index in [9.17, 15) is 9.59 Å². The maximum atomic E-state index is 13.5. The number of rotatable bonds is 5. The predicted octanol–water partition coefficient (Wildman–Crippen LogP) is 3.87. The lowest BCUT2D eigenvalue weighted by Crippen LogP contribution is -2.39. The molecule has 6 nitrogen and oxygen atoms in total. The quantitative estimate of drug-likeness (QED) is 0.598. The Hall–Kier alpha value is -3.93. The van der Waals surface area contributed by atoms with Gasteiger partial charge in [-0.05, 0) is 48.9 Å². The summed E-state index contributed by atoms with van der Waals surface area (Å²) in [6.45, 7) is 2.46. The summed E-state index contributed by atoms with van der Waals surface area (Å²) in [5, 5.41) is 6.42. The van der Waals surface area contributed by atoms with Gasteiger partial charge >= 0.3 is 0 Å². The van der Waals surface area contributed by atoms with Crippen molar-refractivity contribution in [2.75, 3.05) is 16.5 Å². The highest BCUT2D eigenvalue weighted by molar-refractivity contribution is 6.34. The van der Waals surface area contributed by atoms with Gasteiger partial charge in [0.2, 0.25) is 5.91 Å². The summed E-state index contributed by atoms with van der Waals surface area (Å²) in [5.74, 6) is -0.512. The number of hydrogen-bond donors (Lipinski definition) is 0. The third-order valence-electron chi connectivity index (χ3n) is 5.55. The molecule has 31 heavy (non-hydrogen) atoms. The van der Waals surface area contributed by atoms with E-state index in [1.807, 2.05) is 67.6 Å². The van der Waals surface area contributed by atoms with Crippen molar-refractivity contribution in [1.29, 1.82) is 0 Å². The molecule has 0 saturated carbocycles. The van der Waals surface area contributed by atoms with Crippen molar-refractivity contribution in [2.24, 2.45) is 11.0 Å². The van der Waals surface area contributed by atoms with Crippen LogP contribution < -0.4 is 14.6 Å². The van der Waals surface area contributed by atoms with Gasteiger partial charge in [0, 0.05) is 0 Å². The third kappa shape index (κ3) is 3.17. The second-order valence-electron chi connectivity index (χ2n) is 7.39. The molecule has 2 heterocycles. The maximum Gasteiger partial charge on any atom is 0.259 e. The fourth-order valence-electron chi connectivity index (χ4n) is 4.17. The van der Waals surface area contributed by atoms with Gasteiger partial charge in [0.1, 0.15) is 17.7 Å². The Balaban J connectivity index is 1.57. The number of amides is 2. The van der Waals surface area contributed by atoms with Crippen LogP contribution in [0, 0.1) is 5.92 Å². The first kappa shape index (κ1) is 19.1. The number of carbonyl (C=O) groups is 2. The van der Waals surface area contributed by atoms with E-state index >= 15 is 0 Å². The summed E-state index contributed by atoms with van der Waals surface area (Å²) in [6, 6.07) is 25.4. The molecule has 6 heteroatoms. The van der Waals surface area contributed by atoms with Crippen LogP contribution in [0.2, 0.25) is 0 Å². The predicted molar refractivity (Wildman–Crippen MR) is 119 cm³/mol. The number of imide groups is 1. The highest BCUT2D eigenvalue weighted by Gasteiger charge is 2.57. The Kier molecular flexibility index (Phi) is 4.75. The highest BCUT2D eigenvalue weighted by atomic mass is 16.5. The first-order valence-corrected chi connectivity index (χ1v) is 10.3. The zero-order valence-corrected chi connectivity index (χ0v) is 17.0. The van der Waals surface area contributed by atoms with Gasteiger partial charge in [-0.25, -0.2) is 4.90 Å². The minimum absolute atomic E-state index is 0.264. The molecule has 2 aliphatic heterocycles. The summed E-state index contributed by atoms with van der Waals surface area (Å²) < 4.78 is 5.49. The molecule has 3 aromatic rings. The number of ether oxygens (including phenoxy) is 1. The van der Waals surface area contributed by atoms with Crippen LogP contribution in [-0.2, 0) is 9.59 Å². The molecule has 0 aliphatic carbocycles. The summed E-state index contributed by atoms with van der Waals surface area (Å²) in [5.41, 5.74) is 2.76. The molecular formula is C25H21N3O3. The fraction of sp³-hybridized carbons (Fsp3) is 0.160. The molecular weight excluding hydrogens is 390 g/mol. The molecule has 2 aliphatic rings. The zero-order valence-electron chi connectivity index (χ0n) is 17.0. The lowest BCUT2D eigenvalue weighted by molar-refractivity contribution is -0.121. The lowest BCUT2D eigenvalue weighted by Gasteiger charge is -2.22. The standard InChI is InChI=1S/C25H21N3O3/c1-2-31-20-15-13-18(14-16-20)27-24(29)21-22(17-9-5-3-6-10-17)26-28(23(21)25(27)30)19-11-7-4-8-12-19/h3-16,21,23H,2H2,1H3/t21-,23-/m1/s1. The first-order valence-electron chi connectivity index (χ1n) is 10.3. The van der Waals surface area contributed by atoms with Crippen LogP contribution in [0.25, 0.3) is 0 Å². The smallest absolute Gasteiger partial charge is 0.259 e. The van der Waals surface area contributed by atoms with Crippen LogP contribution in [0.15, 0.2) is 90.0 Å². The van der Waals surface area contributed by atoms with Crippen molar-refractivity contribution in [3.8, 4) is 5.75 Å². The number of carbonyl (C=O) groups excluding carboxylic acids is 2. The molecule has 0 bridgehead atoms. The molecule has 0 unspecified atom stereocenters. The van der Waals surface area contributed by atoms with E-state index in [1.54, 1.807) is 29.3 Å². The molecule has 3 aromatic carbocycles. The van der Waals surface area contributed by atoms with Gasteiger partial charge in [0.25, 0.3) is 5.91 Å². The van der Waals surface area contributed by atoms with Crippen LogP contribution in [0.4, 0.5) is 11.4 Å². The van der Waals surface area contributed by atoms with E-state index in [0.717, 1.165) is 11.3 Å². The SMILES string of the molecule is CCOc1ccc(N2C(=O)[C@@H]3C(c4ccccc4)=NN(c4ccccc4)[C@H]3C2=O)cc1. The molecule has 5 rings (SSSR count). The molecule has 2 amide bonds. The van der Waals surface area contributed by atoms with Crippen molar-refractivity contribution in [3.63, 3.8) is 0 Å². The molecule has 0 radical (unpaired) electrons. The number of para-hydroxylation sites is 1. The van der Waals surface area contributed by atoms with Crippen LogP contribution in [-0.4, -0.2) is 30.2 Å². The van der Waals surface area contributed by atoms with Gasteiger partial charge in [0.15, 0.2) is 0 Å². The lowest BCUT2D eigenvalue weighted by atomic mass is 9.93. The normalized spacial score (nSPS) is 20.1.